The Hall–Kier alpha value is -2.29. The van der Waals surface area contributed by atoms with Crippen molar-refractivity contribution in [1.82, 2.24) is 15.5 Å². The van der Waals surface area contributed by atoms with Crippen molar-refractivity contribution in [3.8, 4) is 0 Å². The molecule has 0 radical (unpaired) electrons. The van der Waals surface area contributed by atoms with Crippen molar-refractivity contribution in [2.24, 2.45) is 5.92 Å². The number of ether oxygens (including phenoxy) is 1. The van der Waals surface area contributed by atoms with Crippen molar-refractivity contribution in [3.63, 3.8) is 0 Å². The SMILES string of the molecule is CC(C)C.CN(C)CC(=O)NCC(=O)NC(CCC(=O)C=N)C(=O)OC(C)(C)C. The van der Waals surface area contributed by atoms with E-state index in [0.717, 1.165) is 5.92 Å². The molecule has 2 amide bonds. The number of esters is 1. The molecule has 29 heavy (non-hydrogen) atoms. The fourth-order valence-corrected chi connectivity index (χ4v) is 1.75. The highest BCUT2D eigenvalue weighted by Crippen LogP contribution is 2.11. The number of hydrogen-bond acceptors (Lipinski definition) is 7. The fraction of sp³-hybridized carbons (Fsp3) is 0.750. The minimum atomic E-state index is -1.03. The summed E-state index contributed by atoms with van der Waals surface area (Å²) >= 11 is 0. The van der Waals surface area contributed by atoms with Crippen LogP contribution < -0.4 is 10.6 Å². The summed E-state index contributed by atoms with van der Waals surface area (Å²) in [6.45, 7) is 11.4. The first-order valence-corrected chi connectivity index (χ1v) is 9.64. The largest absolute Gasteiger partial charge is 0.458 e. The van der Waals surface area contributed by atoms with Gasteiger partial charge in [0.1, 0.15) is 11.6 Å². The van der Waals surface area contributed by atoms with E-state index in [1.54, 1.807) is 39.8 Å². The van der Waals surface area contributed by atoms with Gasteiger partial charge in [-0.25, -0.2) is 4.79 Å². The van der Waals surface area contributed by atoms with Gasteiger partial charge in [-0.15, -0.1) is 0 Å². The second-order valence-electron chi connectivity index (χ2n) is 8.55. The maximum Gasteiger partial charge on any atom is 0.329 e. The molecular weight excluding hydrogens is 376 g/mol. The molecular formula is C20H38N4O5. The van der Waals surface area contributed by atoms with Crippen LogP contribution in [-0.2, 0) is 23.9 Å². The van der Waals surface area contributed by atoms with Crippen LogP contribution in [0.4, 0.5) is 0 Å². The van der Waals surface area contributed by atoms with Crippen molar-refractivity contribution in [3.05, 3.63) is 0 Å². The Bertz CT molecular complexity index is 551. The van der Waals surface area contributed by atoms with Gasteiger partial charge in [0.15, 0.2) is 5.78 Å². The second kappa shape index (κ2) is 14.7. The molecule has 0 spiro atoms. The Labute approximate surface area is 174 Å². The van der Waals surface area contributed by atoms with Crippen molar-refractivity contribution >= 4 is 29.8 Å². The maximum atomic E-state index is 12.2. The monoisotopic (exact) mass is 414 g/mol. The first-order valence-electron chi connectivity index (χ1n) is 9.64. The van der Waals surface area contributed by atoms with E-state index in [2.05, 4.69) is 31.4 Å². The molecule has 0 bridgehead atoms. The minimum absolute atomic E-state index is 0.0144. The molecule has 0 aromatic carbocycles. The number of hydrogen-bond donors (Lipinski definition) is 3. The number of carbonyl (C=O) groups is 4. The minimum Gasteiger partial charge on any atom is -0.458 e. The Morgan fingerprint density at radius 3 is 2.00 bits per heavy atom. The van der Waals surface area contributed by atoms with Crippen LogP contribution >= 0.6 is 0 Å². The van der Waals surface area contributed by atoms with Crippen LogP contribution in [0.15, 0.2) is 0 Å². The maximum absolute atomic E-state index is 12.2. The lowest BCUT2D eigenvalue weighted by Gasteiger charge is -2.24. The number of nitrogens with zero attached hydrogens (tertiary/aromatic N) is 1. The summed E-state index contributed by atoms with van der Waals surface area (Å²) in [7, 11) is 3.44. The summed E-state index contributed by atoms with van der Waals surface area (Å²) in [5.74, 6) is -1.18. The summed E-state index contributed by atoms with van der Waals surface area (Å²) in [5, 5.41) is 11.8. The molecule has 0 aromatic heterocycles. The van der Waals surface area contributed by atoms with Crippen LogP contribution in [0.3, 0.4) is 0 Å². The third-order valence-electron chi connectivity index (χ3n) is 2.77. The highest BCUT2D eigenvalue weighted by molar-refractivity contribution is 6.26. The van der Waals surface area contributed by atoms with Gasteiger partial charge in [0.2, 0.25) is 11.8 Å². The number of Topliss-reactive ketones (excluding diaryl/α,β-unsaturated/α-hetero) is 1. The first-order chi connectivity index (χ1) is 13.2. The van der Waals surface area contributed by atoms with E-state index >= 15 is 0 Å². The van der Waals surface area contributed by atoms with Crippen LogP contribution in [0.5, 0.6) is 0 Å². The summed E-state index contributed by atoms with van der Waals surface area (Å²) in [4.78, 5) is 48.6. The molecule has 9 heteroatoms. The summed E-state index contributed by atoms with van der Waals surface area (Å²) in [6.07, 6.45) is 0.608. The van der Waals surface area contributed by atoms with Crippen molar-refractivity contribution in [2.45, 2.75) is 66.0 Å². The Kier molecular flexibility index (Phi) is 14.6. The lowest BCUT2D eigenvalue weighted by Crippen LogP contribution is -2.48. The number of carbonyl (C=O) groups excluding carboxylic acids is 4. The van der Waals surface area contributed by atoms with Gasteiger partial charge in [0, 0.05) is 6.42 Å². The number of nitrogens with one attached hydrogen (secondary N) is 3. The van der Waals surface area contributed by atoms with E-state index in [-0.39, 0.29) is 31.8 Å². The molecule has 0 heterocycles. The lowest BCUT2D eigenvalue weighted by molar-refractivity contribution is -0.158. The Morgan fingerprint density at radius 1 is 1.07 bits per heavy atom. The number of likely N-dealkylation sites (N-methyl/N-ethyl adjacent to an activating group) is 1. The summed E-state index contributed by atoms with van der Waals surface area (Å²) < 4.78 is 5.23. The Morgan fingerprint density at radius 2 is 1.59 bits per heavy atom. The number of ketones is 1. The third kappa shape index (κ3) is 20.3. The molecule has 1 atom stereocenters. The van der Waals surface area contributed by atoms with Gasteiger partial charge in [-0.05, 0) is 47.2 Å². The van der Waals surface area contributed by atoms with E-state index in [9.17, 15) is 19.2 Å². The van der Waals surface area contributed by atoms with Crippen molar-refractivity contribution in [2.75, 3.05) is 27.2 Å². The molecule has 9 nitrogen and oxygen atoms in total. The average molecular weight is 415 g/mol. The van der Waals surface area contributed by atoms with Crippen molar-refractivity contribution < 1.29 is 23.9 Å². The van der Waals surface area contributed by atoms with Gasteiger partial charge in [-0.2, -0.15) is 0 Å². The highest BCUT2D eigenvalue weighted by Gasteiger charge is 2.27. The predicted molar refractivity (Wildman–Crippen MR) is 113 cm³/mol. The molecule has 1 unspecified atom stereocenters. The second-order valence-corrected chi connectivity index (χ2v) is 8.55. The fourth-order valence-electron chi connectivity index (χ4n) is 1.75. The van der Waals surface area contributed by atoms with Crippen LogP contribution in [-0.4, -0.2) is 73.5 Å². The Balaban J connectivity index is 0. The van der Waals surface area contributed by atoms with E-state index in [4.69, 9.17) is 10.1 Å². The highest BCUT2D eigenvalue weighted by atomic mass is 16.6. The standard InChI is InChI=1S/C16H28N4O5.C4H10/c1-16(2,3)25-15(24)12(7-6-11(21)8-17)19-13(22)9-18-14(23)10-20(4)5;1-4(2)3/h8,12,17H,6-7,9-10H2,1-5H3,(H,18,23)(H,19,22);4H,1-3H3. The molecule has 0 fully saturated rings. The number of amides is 2. The van der Waals surface area contributed by atoms with E-state index in [1.807, 2.05) is 0 Å². The predicted octanol–water partition coefficient (Wildman–Crippen LogP) is 1.15. The van der Waals surface area contributed by atoms with Gasteiger partial charge < -0.3 is 25.7 Å². The molecule has 0 aromatic rings. The summed E-state index contributed by atoms with van der Waals surface area (Å²) in [6, 6.07) is -1.03. The normalized spacial score (nSPS) is 11.8. The zero-order chi connectivity index (χ0) is 23.2. The van der Waals surface area contributed by atoms with E-state index in [1.165, 1.54) is 0 Å². The third-order valence-corrected chi connectivity index (χ3v) is 2.77. The van der Waals surface area contributed by atoms with Crippen LogP contribution in [0.25, 0.3) is 0 Å². The first kappa shape index (κ1) is 28.9. The van der Waals surface area contributed by atoms with Gasteiger partial charge in [-0.3, -0.25) is 14.4 Å². The molecule has 0 saturated heterocycles. The zero-order valence-corrected chi connectivity index (χ0v) is 19.0. The molecule has 0 aliphatic heterocycles. The molecule has 0 saturated carbocycles. The van der Waals surface area contributed by atoms with Gasteiger partial charge >= 0.3 is 5.97 Å². The molecule has 0 rings (SSSR count). The van der Waals surface area contributed by atoms with Crippen LogP contribution in [0.2, 0.25) is 0 Å². The molecule has 168 valence electrons. The van der Waals surface area contributed by atoms with Crippen molar-refractivity contribution in [1.29, 1.82) is 5.41 Å². The topological polar surface area (TPSA) is 129 Å². The molecule has 3 N–H and O–H groups in total. The van der Waals surface area contributed by atoms with Crippen LogP contribution in [0.1, 0.15) is 54.4 Å². The summed E-state index contributed by atoms with van der Waals surface area (Å²) in [5.41, 5.74) is -0.744. The quantitative estimate of drug-likeness (QED) is 0.363. The van der Waals surface area contributed by atoms with Gasteiger partial charge in [-0.1, -0.05) is 20.8 Å². The number of rotatable bonds is 10. The lowest BCUT2D eigenvalue weighted by atomic mass is 10.1. The van der Waals surface area contributed by atoms with Gasteiger partial charge in [0.25, 0.3) is 0 Å². The van der Waals surface area contributed by atoms with E-state index < -0.39 is 29.3 Å². The smallest absolute Gasteiger partial charge is 0.329 e. The average Bonchev–Trinajstić information content (AvgIpc) is 2.53. The zero-order valence-electron chi connectivity index (χ0n) is 19.0. The molecule has 0 aliphatic rings. The van der Waals surface area contributed by atoms with Gasteiger partial charge in [0.05, 0.1) is 19.3 Å². The van der Waals surface area contributed by atoms with E-state index in [0.29, 0.717) is 6.21 Å². The van der Waals surface area contributed by atoms with Crippen LogP contribution in [0, 0.1) is 11.3 Å². The molecule has 0 aliphatic carbocycles.